The van der Waals surface area contributed by atoms with E-state index in [0.29, 0.717) is 17.5 Å². The van der Waals surface area contributed by atoms with Crippen molar-refractivity contribution in [3.63, 3.8) is 0 Å². The van der Waals surface area contributed by atoms with E-state index in [1.54, 1.807) is 0 Å². The summed E-state index contributed by atoms with van der Waals surface area (Å²) in [5.41, 5.74) is 3.29. The summed E-state index contributed by atoms with van der Waals surface area (Å²) in [5.74, 6) is 1.83. The lowest BCUT2D eigenvalue weighted by atomic mass is 10.1. The number of fused-ring (bicyclic) bond motifs is 3. The van der Waals surface area contributed by atoms with Crippen molar-refractivity contribution in [3.8, 4) is 0 Å². The molecule has 0 spiro atoms. The van der Waals surface area contributed by atoms with Gasteiger partial charge in [-0.05, 0) is 51.5 Å². The summed E-state index contributed by atoms with van der Waals surface area (Å²) in [4.78, 5) is 24.6. The molecule has 5 heteroatoms. The largest absolute Gasteiger partial charge is 0.339 e. The van der Waals surface area contributed by atoms with Crippen LogP contribution >= 0.6 is 0 Å². The number of aryl methyl sites for hydroxylation is 3. The summed E-state index contributed by atoms with van der Waals surface area (Å²) < 4.78 is 2.23. The van der Waals surface area contributed by atoms with E-state index in [9.17, 15) is 4.79 Å². The van der Waals surface area contributed by atoms with Crippen LogP contribution in [0.2, 0.25) is 0 Å². The number of nitrogens with zero attached hydrogens (tertiary/aromatic N) is 4. The monoisotopic (exact) mass is 326 g/mol. The van der Waals surface area contributed by atoms with Crippen molar-refractivity contribution in [1.29, 1.82) is 0 Å². The standard InChI is InChI=1S/C19H26N4O/c1-12-11-15(19(24)22(3)13(2)14-8-9-14)17-18(20-12)23-10-6-4-5-7-16(23)21-17/h11,13-14H,4-10H2,1-3H3. The van der Waals surface area contributed by atoms with Gasteiger partial charge in [0.1, 0.15) is 11.3 Å². The van der Waals surface area contributed by atoms with Gasteiger partial charge in [-0.1, -0.05) is 6.42 Å². The van der Waals surface area contributed by atoms with Gasteiger partial charge in [0.25, 0.3) is 5.91 Å². The van der Waals surface area contributed by atoms with Gasteiger partial charge in [-0.15, -0.1) is 0 Å². The smallest absolute Gasteiger partial charge is 0.256 e. The number of amides is 1. The van der Waals surface area contributed by atoms with E-state index < -0.39 is 0 Å². The van der Waals surface area contributed by atoms with Crippen molar-refractivity contribution in [2.75, 3.05) is 7.05 Å². The molecule has 2 aromatic heterocycles. The zero-order chi connectivity index (χ0) is 16.8. The van der Waals surface area contributed by atoms with Crippen molar-refractivity contribution in [1.82, 2.24) is 19.4 Å². The van der Waals surface area contributed by atoms with Gasteiger partial charge in [0.15, 0.2) is 5.65 Å². The molecule has 0 bridgehead atoms. The SMILES string of the molecule is Cc1cc(C(=O)N(C)C(C)C2CC2)c2nc3n(c2n1)CCCCC3. The summed E-state index contributed by atoms with van der Waals surface area (Å²) in [7, 11) is 1.92. The number of pyridine rings is 1. The van der Waals surface area contributed by atoms with Crippen molar-refractivity contribution >= 4 is 17.1 Å². The Labute approximate surface area is 143 Å². The highest BCUT2D eigenvalue weighted by Crippen LogP contribution is 2.35. The minimum Gasteiger partial charge on any atom is -0.339 e. The topological polar surface area (TPSA) is 51.0 Å². The van der Waals surface area contributed by atoms with Crippen LogP contribution in [0.1, 0.15) is 60.9 Å². The number of hydrogen-bond acceptors (Lipinski definition) is 3. The van der Waals surface area contributed by atoms with Crippen LogP contribution in [0.5, 0.6) is 0 Å². The maximum atomic E-state index is 13.1. The third-order valence-corrected chi connectivity index (χ3v) is 5.66. The molecule has 0 saturated heterocycles. The lowest BCUT2D eigenvalue weighted by molar-refractivity contribution is 0.0729. The van der Waals surface area contributed by atoms with Gasteiger partial charge in [-0.2, -0.15) is 0 Å². The fraction of sp³-hybridized carbons (Fsp3) is 0.632. The van der Waals surface area contributed by atoms with Gasteiger partial charge in [0.2, 0.25) is 0 Å². The molecule has 0 radical (unpaired) electrons. The highest BCUT2D eigenvalue weighted by atomic mass is 16.2. The molecule has 24 heavy (non-hydrogen) atoms. The van der Waals surface area contributed by atoms with E-state index in [2.05, 4.69) is 11.5 Å². The molecule has 1 aliphatic heterocycles. The summed E-state index contributed by atoms with van der Waals surface area (Å²) in [6.45, 7) is 5.09. The highest BCUT2D eigenvalue weighted by Gasteiger charge is 2.33. The number of carbonyl (C=O) groups excluding carboxylic acids is 1. The van der Waals surface area contributed by atoms with E-state index in [1.807, 2.05) is 24.9 Å². The Morgan fingerprint density at radius 1 is 1.29 bits per heavy atom. The van der Waals surface area contributed by atoms with Crippen LogP contribution in [0.25, 0.3) is 11.2 Å². The predicted octanol–water partition coefficient (Wildman–Crippen LogP) is 3.34. The predicted molar refractivity (Wildman–Crippen MR) is 94.1 cm³/mol. The molecule has 1 aliphatic carbocycles. The second-order valence-corrected chi connectivity index (χ2v) is 7.47. The van der Waals surface area contributed by atoms with E-state index in [-0.39, 0.29) is 5.91 Å². The van der Waals surface area contributed by atoms with Crippen LogP contribution in [0.3, 0.4) is 0 Å². The molecule has 0 aromatic carbocycles. The second-order valence-electron chi connectivity index (χ2n) is 7.47. The molecule has 1 saturated carbocycles. The molecule has 3 heterocycles. The highest BCUT2D eigenvalue weighted by molar-refractivity contribution is 6.04. The number of carbonyl (C=O) groups is 1. The first-order valence-corrected chi connectivity index (χ1v) is 9.20. The summed E-state index contributed by atoms with van der Waals surface area (Å²) in [6.07, 6.45) is 7.03. The van der Waals surface area contributed by atoms with E-state index in [1.165, 1.54) is 25.7 Å². The average Bonchev–Trinajstić information content (AvgIpc) is 3.38. The van der Waals surface area contributed by atoms with Gasteiger partial charge in [-0.25, -0.2) is 9.97 Å². The van der Waals surface area contributed by atoms with Gasteiger partial charge < -0.3 is 9.47 Å². The molecule has 0 N–H and O–H groups in total. The summed E-state index contributed by atoms with van der Waals surface area (Å²) >= 11 is 0. The normalized spacial score (nSPS) is 19.0. The van der Waals surface area contributed by atoms with Crippen molar-refractivity contribution in [3.05, 3.63) is 23.1 Å². The fourth-order valence-corrected chi connectivity index (χ4v) is 3.85. The van der Waals surface area contributed by atoms with Crippen molar-refractivity contribution < 1.29 is 4.79 Å². The lowest BCUT2D eigenvalue weighted by Crippen LogP contribution is -2.36. The maximum Gasteiger partial charge on any atom is 0.256 e. The van der Waals surface area contributed by atoms with Gasteiger partial charge in [0.05, 0.1) is 5.56 Å². The number of rotatable bonds is 3. The number of imidazole rings is 1. The van der Waals surface area contributed by atoms with Gasteiger partial charge in [-0.3, -0.25) is 4.79 Å². The van der Waals surface area contributed by atoms with E-state index in [4.69, 9.17) is 9.97 Å². The first kappa shape index (κ1) is 15.6. The van der Waals surface area contributed by atoms with Crippen molar-refractivity contribution in [2.24, 2.45) is 5.92 Å². The van der Waals surface area contributed by atoms with Crippen LogP contribution in [0, 0.1) is 12.8 Å². The number of hydrogen-bond donors (Lipinski definition) is 0. The lowest BCUT2D eigenvalue weighted by Gasteiger charge is -2.25. The minimum atomic E-state index is 0.0816. The quantitative estimate of drug-likeness (QED) is 0.869. The Morgan fingerprint density at radius 2 is 2.08 bits per heavy atom. The Hall–Kier alpha value is -1.91. The molecule has 2 aromatic rings. The molecule has 1 atom stereocenters. The Bertz CT molecular complexity index is 790. The zero-order valence-electron chi connectivity index (χ0n) is 14.9. The minimum absolute atomic E-state index is 0.0816. The molecule has 4 rings (SSSR count). The first-order chi connectivity index (χ1) is 11.6. The molecule has 1 amide bonds. The Kier molecular flexibility index (Phi) is 3.82. The molecule has 1 unspecified atom stereocenters. The third-order valence-electron chi connectivity index (χ3n) is 5.66. The average molecular weight is 326 g/mol. The molecule has 5 nitrogen and oxygen atoms in total. The second kappa shape index (κ2) is 5.87. The van der Waals surface area contributed by atoms with E-state index in [0.717, 1.165) is 42.1 Å². The molecule has 1 fully saturated rings. The van der Waals surface area contributed by atoms with E-state index >= 15 is 0 Å². The number of aromatic nitrogens is 3. The molecule has 2 aliphatic rings. The summed E-state index contributed by atoms with van der Waals surface area (Å²) in [6, 6.07) is 2.20. The third kappa shape index (κ3) is 2.60. The molecular weight excluding hydrogens is 300 g/mol. The van der Waals surface area contributed by atoms with Crippen LogP contribution in [-0.4, -0.2) is 38.4 Å². The van der Waals surface area contributed by atoms with Crippen LogP contribution < -0.4 is 0 Å². The van der Waals surface area contributed by atoms with Gasteiger partial charge >= 0.3 is 0 Å². The maximum absolute atomic E-state index is 13.1. The summed E-state index contributed by atoms with van der Waals surface area (Å²) in [5, 5.41) is 0. The first-order valence-electron chi connectivity index (χ1n) is 9.20. The molecule has 128 valence electrons. The van der Waals surface area contributed by atoms with Crippen LogP contribution in [-0.2, 0) is 13.0 Å². The molecular formula is C19H26N4O. The van der Waals surface area contributed by atoms with Crippen molar-refractivity contribution in [2.45, 2.75) is 65.0 Å². The zero-order valence-corrected chi connectivity index (χ0v) is 14.9. The van der Waals surface area contributed by atoms with Crippen LogP contribution in [0.4, 0.5) is 0 Å². The fourth-order valence-electron chi connectivity index (χ4n) is 3.85. The Morgan fingerprint density at radius 3 is 2.83 bits per heavy atom. The Balaban J connectivity index is 1.78. The van der Waals surface area contributed by atoms with Crippen LogP contribution in [0.15, 0.2) is 6.07 Å². The van der Waals surface area contributed by atoms with Gasteiger partial charge in [0, 0.05) is 31.7 Å².